The number of hydroxylamine groups is 2. The molecule has 1 aromatic heterocycles. The summed E-state index contributed by atoms with van der Waals surface area (Å²) in [6.45, 7) is 9.05. The Hall–Kier alpha value is -1.99. The number of pyridine rings is 1. The van der Waals surface area contributed by atoms with Crippen LogP contribution >= 0.6 is 0 Å². The van der Waals surface area contributed by atoms with Crippen molar-refractivity contribution in [1.82, 2.24) is 14.9 Å². The predicted octanol–water partition coefficient (Wildman–Crippen LogP) is 2.72. The summed E-state index contributed by atoms with van der Waals surface area (Å²) in [4.78, 5) is 38.1. The van der Waals surface area contributed by atoms with Crippen LogP contribution in [-0.2, 0) is 25.7 Å². The van der Waals surface area contributed by atoms with E-state index in [0.717, 1.165) is 37.4 Å². The molecular formula is C22H33N3O4. The molecule has 7 heteroatoms. The highest BCUT2D eigenvalue weighted by Gasteiger charge is 2.58. The summed E-state index contributed by atoms with van der Waals surface area (Å²) < 4.78 is 5.04. The van der Waals surface area contributed by atoms with E-state index in [1.807, 2.05) is 25.1 Å². The van der Waals surface area contributed by atoms with Gasteiger partial charge in [-0.05, 0) is 44.2 Å². The number of aromatic nitrogens is 1. The summed E-state index contributed by atoms with van der Waals surface area (Å²) in [5, 5.41) is 1.53. The van der Waals surface area contributed by atoms with Crippen LogP contribution in [0.4, 0.5) is 0 Å². The van der Waals surface area contributed by atoms with Crippen LogP contribution in [0.3, 0.4) is 0 Å². The average Bonchev–Trinajstić information content (AvgIpc) is 2.95. The highest BCUT2D eigenvalue weighted by atomic mass is 16.7. The van der Waals surface area contributed by atoms with E-state index in [-0.39, 0.29) is 18.3 Å². The van der Waals surface area contributed by atoms with Crippen molar-refractivity contribution >= 4 is 11.9 Å². The normalized spacial score (nSPS) is 21.9. The molecule has 3 heterocycles. The van der Waals surface area contributed by atoms with Crippen molar-refractivity contribution in [3.63, 3.8) is 0 Å². The molecule has 1 spiro atoms. The van der Waals surface area contributed by atoms with Crippen LogP contribution in [0.1, 0.15) is 50.9 Å². The van der Waals surface area contributed by atoms with Crippen molar-refractivity contribution in [2.24, 2.45) is 11.8 Å². The van der Waals surface area contributed by atoms with Gasteiger partial charge in [-0.3, -0.25) is 24.3 Å². The van der Waals surface area contributed by atoms with Gasteiger partial charge in [-0.15, -0.1) is 0 Å². The lowest BCUT2D eigenvalue weighted by molar-refractivity contribution is -0.224. The molecule has 7 nitrogen and oxygen atoms in total. The SMILES string of the molecule is COC(=O)C1CC(=O)N(OCCC(C)C)C12CCN(Cc1cccc(C)n1)CC2. The number of aryl methyl sites for hydroxylation is 1. The Morgan fingerprint density at radius 1 is 1.31 bits per heavy atom. The summed E-state index contributed by atoms with van der Waals surface area (Å²) in [5.41, 5.74) is 1.43. The van der Waals surface area contributed by atoms with E-state index < -0.39 is 11.5 Å². The Kier molecular flexibility index (Phi) is 6.90. The molecule has 29 heavy (non-hydrogen) atoms. The third-order valence-electron chi connectivity index (χ3n) is 6.11. The zero-order valence-electron chi connectivity index (χ0n) is 18.0. The van der Waals surface area contributed by atoms with Gasteiger partial charge in [0.15, 0.2) is 0 Å². The smallest absolute Gasteiger partial charge is 0.311 e. The fraction of sp³-hybridized carbons (Fsp3) is 0.682. The number of ether oxygens (including phenoxy) is 1. The molecule has 1 amide bonds. The van der Waals surface area contributed by atoms with Gasteiger partial charge >= 0.3 is 5.97 Å². The lowest BCUT2D eigenvalue weighted by Gasteiger charge is -2.45. The van der Waals surface area contributed by atoms with Crippen molar-refractivity contribution in [3.05, 3.63) is 29.6 Å². The fourth-order valence-electron chi connectivity index (χ4n) is 4.43. The maximum absolute atomic E-state index is 12.7. The second-order valence-corrected chi connectivity index (χ2v) is 8.63. The third-order valence-corrected chi connectivity index (χ3v) is 6.11. The van der Waals surface area contributed by atoms with Crippen LogP contribution < -0.4 is 0 Å². The standard InChI is InChI=1S/C22H33N3O4/c1-16(2)8-13-29-25-20(26)14-19(21(27)28-4)22(25)9-11-24(12-10-22)15-18-7-5-6-17(3)23-18/h5-7,16,19H,8-15H2,1-4H3. The zero-order chi connectivity index (χ0) is 21.0. The maximum atomic E-state index is 12.7. The van der Waals surface area contributed by atoms with E-state index in [1.165, 1.54) is 12.2 Å². The number of hydrogen-bond donors (Lipinski definition) is 0. The molecule has 0 aliphatic carbocycles. The molecule has 1 atom stereocenters. The molecule has 0 radical (unpaired) electrons. The van der Waals surface area contributed by atoms with E-state index in [0.29, 0.717) is 25.4 Å². The number of carbonyl (C=O) groups is 2. The molecule has 1 unspecified atom stereocenters. The number of esters is 1. The molecule has 160 valence electrons. The van der Waals surface area contributed by atoms with Crippen molar-refractivity contribution < 1.29 is 19.2 Å². The minimum absolute atomic E-state index is 0.113. The summed E-state index contributed by atoms with van der Waals surface area (Å²) >= 11 is 0. The monoisotopic (exact) mass is 403 g/mol. The van der Waals surface area contributed by atoms with Crippen LogP contribution in [0.5, 0.6) is 0 Å². The summed E-state index contributed by atoms with van der Waals surface area (Å²) in [7, 11) is 1.39. The van der Waals surface area contributed by atoms with Crippen LogP contribution in [0, 0.1) is 18.8 Å². The van der Waals surface area contributed by atoms with Crippen molar-refractivity contribution in [3.8, 4) is 0 Å². The first-order chi connectivity index (χ1) is 13.9. The predicted molar refractivity (Wildman–Crippen MR) is 109 cm³/mol. The number of likely N-dealkylation sites (tertiary alicyclic amines) is 1. The van der Waals surface area contributed by atoms with Gasteiger partial charge in [-0.25, -0.2) is 5.06 Å². The Bertz CT molecular complexity index is 729. The highest BCUT2D eigenvalue weighted by molar-refractivity contribution is 5.88. The third kappa shape index (κ3) is 4.78. The molecule has 2 fully saturated rings. The van der Waals surface area contributed by atoms with Crippen LogP contribution in [-0.4, -0.2) is 59.2 Å². The lowest BCUT2D eigenvalue weighted by atomic mass is 9.77. The van der Waals surface area contributed by atoms with Gasteiger partial charge in [0.1, 0.15) is 0 Å². The second kappa shape index (κ2) is 9.22. The Morgan fingerprint density at radius 2 is 2.03 bits per heavy atom. The molecule has 2 aliphatic rings. The maximum Gasteiger partial charge on any atom is 0.311 e. The number of piperidine rings is 1. The minimum atomic E-state index is -0.613. The molecule has 2 saturated heterocycles. The summed E-state index contributed by atoms with van der Waals surface area (Å²) in [6.07, 6.45) is 2.40. The van der Waals surface area contributed by atoms with Gasteiger partial charge in [-0.1, -0.05) is 19.9 Å². The zero-order valence-corrected chi connectivity index (χ0v) is 18.0. The average molecular weight is 404 g/mol. The van der Waals surface area contributed by atoms with Gasteiger partial charge in [0.25, 0.3) is 0 Å². The van der Waals surface area contributed by atoms with E-state index in [2.05, 4.69) is 23.7 Å². The quantitative estimate of drug-likeness (QED) is 0.652. The van der Waals surface area contributed by atoms with Gasteiger partial charge in [0.2, 0.25) is 5.91 Å². The Balaban J connectivity index is 1.72. The Labute approximate surface area is 173 Å². The molecule has 3 rings (SSSR count). The van der Waals surface area contributed by atoms with E-state index in [9.17, 15) is 9.59 Å². The molecule has 0 bridgehead atoms. The number of amides is 1. The molecule has 0 aromatic carbocycles. The summed E-state index contributed by atoms with van der Waals surface area (Å²) in [6, 6.07) is 6.05. The van der Waals surface area contributed by atoms with Crippen molar-refractivity contribution in [1.29, 1.82) is 0 Å². The Morgan fingerprint density at radius 3 is 2.66 bits per heavy atom. The topological polar surface area (TPSA) is 72.0 Å². The fourth-order valence-corrected chi connectivity index (χ4v) is 4.43. The number of hydrogen-bond acceptors (Lipinski definition) is 6. The van der Waals surface area contributed by atoms with Gasteiger partial charge in [0.05, 0.1) is 30.9 Å². The first-order valence-corrected chi connectivity index (χ1v) is 10.5. The van der Waals surface area contributed by atoms with Crippen LogP contribution in [0.25, 0.3) is 0 Å². The van der Waals surface area contributed by atoms with E-state index >= 15 is 0 Å². The first kappa shape index (κ1) is 21.7. The van der Waals surface area contributed by atoms with Gasteiger partial charge in [0, 0.05) is 31.7 Å². The minimum Gasteiger partial charge on any atom is -0.469 e. The first-order valence-electron chi connectivity index (χ1n) is 10.5. The number of carbonyl (C=O) groups excluding carboxylic acids is 2. The molecule has 2 aliphatic heterocycles. The van der Waals surface area contributed by atoms with Crippen molar-refractivity contribution in [2.45, 2.75) is 58.5 Å². The largest absolute Gasteiger partial charge is 0.469 e. The van der Waals surface area contributed by atoms with Gasteiger partial charge < -0.3 is 4.74 Å². The van der Waals surface area contributed by atoms with Crippen LogP contribution in [0.2, 0.25) is 0 Å². The molecule has 0 N–H and O–H groups in total. The molecule has 0 saturated carbocycles. The molecule has 1 aromatic rings. The highest BCUT2D eigenvalue weighted by Crippen LogP contribution is 2.44. The lowest BCUT2D eigenvalue weighted by Crippen LogP contribution is -2.57. The summed E-state index contributed by atoms with van der Waals surface area (Å²) in [5.74, 6) is -0.415. The van der Waals surface area contributed by atoms with Crippen molar-refractivity contribution in [2.75, 3.05) is 26.8 Å². The number of nitrogens with zero attached hydrogens (tertiary/aromatic N) is 3. The van der Waals surface area contributed by atoms with Crippen LogP contribution in [0.15, 0.2) is 18.2 Å². The number of rotatable bonds is 7. The second-order valence-electron chi connectivity index (χ2n) is 8.63. The molecular weight excluding hydrogens is 370 g/mol. The van der Waals surface area contributed by atoms with Gasteiger partial charge in [-0.2, -0.15) is 0 Å². The van der Waals surface area contributed by atoms with E-state index in [1.54, 1.807) is 0 Å². The number of methoxy groups -OCH3 is 1. The van der Waals surface area contributed by atoms with E-state index in [4.69, 9.17) is 9.57 Å².